The lowest BCUT2D eigenvalue weighted by Crippen LogP contribution is -2.46. The van der Waals surface area contributed by atoms with Gasteiger partial charge < -0.3 is 21.1 Å². The van der Waals surface area contributed by atoms with E-state index in [1.54, 1.807) is 0 Å². The standard InChI is InChI=1S/C12H23N3O2S/c1-12(2,3)17-11(16)15-9-6-4-8(5-7-9)14-10(13)18/h8-9H,4-7H2,1-3H3,(H,15,16)(H3,13,14,18). The van der Waals surface area contributed by atoms with Crippen LogP contribution in [0.4, 0.5) is 4.79 Å². The predicted molar refractivity (Wildman–Crippen MR) is 75.3 cm³/mol. The fourth-order valence-electron chi connectivity index (χ4n) is 2.06. The largest absolute Gasteiger partial charge is 0.444 e. The number of thiocarbonyl (C=S) groups is 1. The Bertz CT molecular complexity index is 307. The third kappa shape index (κ3) is 6.05. The molecule has 0 aliphatic heterocycles. The molecule has 6 heteroatoms. The molecule has 0 spiro atoms. The molecule has 0 aromatic rings. The van der Waals surface area contributed by atoms with Gasteiger partial charge in [-0.05, 0) is 58.7 Å². The normalized spacial score (nSPS) is 24.2. The van der Waals surface area contributed by atoms with Crippen LogP contribution >= 0.6 is 12.2 Å². The average Bonchev–Trinajstić information content (AvgIpc) is 2.17. The summed E-state index contributed by atoms with van der Waals surface area (Å²) in [5, 5.41) is 6.30. The first-order chi connectivity index (χ1) is 8.26. The predicted octanol–water partition coefficient (Wildman–Crippen LogP) is 1.66. The molecule has 4 N–H and O–H groups in total. The van der Waals surface area contributed by atoms with Crippen molar-refractivity contribution in [1.29, 1.82) is 0 Å². The van der Waals surface area contributed by atoms with Crippen LogP contribution in [0.5, 0.6) is 0 Å². The molecule has 0 unspecified atom stereocenters. The van der Waals surface area contributed by atoms with Crippen LogP contribution in [0.15, 0.2) is 0 Å². The van der Waals surface area contributed by atoms with E-state index < -0.39 is 5.60 Å². The van der Waals surface area contributed by atoms with E-state index in [9.17, 15) is 4.79 Å². The smallest absolute Gasteiger partial charge is 0.407 e. The number of carbonyl (C=O) groups excluding carboxylic acids is 1. The van der Waals surface area contributed by atoms with Crippen LogP contribution < -0.4 is 16.4 Å². The second kappa shape index (κ2) is 6.22. The van der Waals surface area contributed by atoms with Crippen LogP contribution in [0.2, 0.25) is 0 Å². The van der Waals surface area contributed by atoms with Crippen molar-refractivity contribution in [3.05, 3.63) is 0 Å². The monoisotopic (exact) mass is 273 g/mol. The topological polar surface area (TPSA) is 76.4 Å². The lowest BCUT2D eigenvalue weighted by molar-refractivity contribution is 0.0490. The average molecular weight is 273 g/mol. The van der Waals surface area contributed by atoms with Crippen molar-refractivity contribution >= 4 is 23.4 Å². The number of hydrogen-bond acceptors (Lipinski definition) is 3. The van der Waals surface area contributed by atoms with Gasteiger partial charge in [0.25, 0.3) is 0 Å². The third-order valence-electron chi connectivity index (χ3n) is 2.79. The van der Waals surface area contributed by atoms with Crippen LogP contribution in [0.1, 0.15) is 46.5 Å². The van der Waals surface area contributed by atoms with Crippen LogP contribution in [-0.2, 0) is 4.74 Å². The highest BCUT2D eigenvalue weighted by molar-refractivity contribution is 7.80. The van der Waals surface area contributed by atoms with Gasteiger partial charge in [0, 0.05) is 12.1 Å². The van der Waals surface area contributed by atoms with E-state index in [0.717, 1.165) is 25.7 Å². The van der Waals surface area contributed by atoms with Gasteiger partial charge in [-0.2, -0.15) is 0 Å². The van der Waals surface area contributed by atoms with Gasteiger partial charge in [0.15, 0.2) is 5.11 Å². The van der Waals surface area contributed by atoms with Crippen molar-refractivity contribution in [3.8, 4) is 0 Å². The maximum atomic E-state index is 11.6. The molecule has 1 aliphatic rings. The highest BCUT2D eigenvalue weighted by atomic mass is 32.1. The third-order valence-corrected chi connectivity index (χ3v) is 2.91. The zero-order chi connectivity index (χ0) is 13.8. The first-order valence-electron chi connectivity index (χ1n) is 6.32. The highest BCUT2D eigenvalue weighted by Gasteiger charge is 2.24. The summed E-state index contributed by atoms with van der Waals surface area (Å²) in [6.07, 6.45) is 3.41. The number of ether oxygens (including phenoxy) is 1. The molecule has 104 valence electrons. The molecule has 0 atom stereocenters. The van der Waals surface area contributed by atoms with Gasteiger partial charge >= 0.3 is 6.09 Å². The van der Waals surface area contributed by atoms with Crippen molar-refractivity contribution in [3.63, 3.8) is 0 Å². The first-order valence-corrected chi connectivity index (χ1v) is 6.72. The summed E-state index contributed by atoms with van der Waals surface area (Å²) in [7, 11) is 0. The summed E-state index contributed by atoms with van der Waals surface area (Å²) in [5.41, 5.74) is 4.99. The lowest BCUT2D eigenvalue weighted by Gasteiger charge is -2.30. The summed E-state index contributed by atoms with van der Waals surface area (Å²) in [5.74, 6) is 0. The maximum absolute atomic E-state index is 11.6. The van der Waals surface area contributed by atoms with E-state index in [1.165, 1.54) is 0 Å². The molecule has 0 saturated heterocycles. The van der Waals surface area contributed by atoms with E-state index in [1.807, 2.05) is 20.8 Å². The molecular formula is C12H23N3O2S. The number of rotatable bonds is 2. The molecule has 1 fully saturated rings. The summed E-state index contributed by atoms with van der Waals surface area (Å²) < 4.78 is 5.23. The van der Waals surface area contributed by atoms with Gasteiger partial charge in [-0.15, -0.1) is 0 Å². The minimum Gasteiger partial charge on any atom is -0.444 e. The fourth-order valence-corrected chi connectivity index (χ4v) is 2.22. The molecule has 0 aromatic heterocycles. The van der Waals surface area contributed by atoms with Crippen LogP contribution in [0, 0.1) is 0 Å². The van der Waals surface area contributed by atoms with E-state index in [0.29, 0.717) is 11.2 Å². The number of carbonyl (C=O) groups is 1. The summed E-state index contributed by atoms with van der Waals surface area (Å²) in [6, 6.07) is 0.517. The van der Waals surface area contributed by atoms with Crippen molar-refractivity contribution in [1.82, 2.24) is 10.6 Å². The number of amides is 1. The molecule has 0 heterocycles. The Balaban J connectivity index is 2.27. The molecule has 18 heavy (non-hydrogen) atoms. The number of nitrogens with one attached hydrogen (secondary N) is 2. The van der Waals surface area contributed by atoms with Crippen molar-refractivity contribution in [2.75, 3.05) is 0 Å². The van der Waals surface area contributed by atoms with Gasteiger partial charge in [0.05, 0.1) is 0 Å². The van der Waals surface area contributed by atoms with Gasteiger partial charge in [-0.25, -0.2) is 4.79 Å². The Morgan fingerprint density at radius 1 is 1.17 bits per heavy atom. The summed E-state index contributed by atoms with van der Waals surface area (Å²) >= 11 is 4.81. The second-order valence-electron chi connectivity index (χ2n) is 5.70. The Labute approximate surface area is 114 Å². The fraction of sp³-hybridized carbons (Fsp3) is 0.833. The summed E-state index contributed by atoms with van der Waals surface area (Å²) in [6.45, 7) is 5.57. The van der Waals surface area contributed by atoms with Gasteiger partial charge in [0.1, 0.15) is 5.60 Å². The Kier molecular flexibility index (Phi) is 5.19. The highest BCUT2D eigenvalue weighted by Crippen LogP contribution is 2.19. The van der Waals surface area contributed by atoms with E-state index in [-0.39, 0.29) is 12.1 Å². The number of hydrogen-bond donors (Lipinski definition) is 3. The Morgan fingerprint density at radius 2 is 1.61 bits per heavy atom. The molecular weight excluding hydrogens is 250 g/mol. The van der Waals surface area contributed by atoms with Crippen LogP contribution in [0.25, 0.3) is 0 Å². The van der Waals surface area contributed by atoms with Gasteiger partial charge in [-0.3, -0.25) is 0 Å². The minimum atomic E-state index is -0.450. The Morgan fingerprint density at radius 3 is 2.00 bits per heavy atom. The number of nitrogens with two attached hydrogens (primary N) is 1. The van der Waals surface area contributed by atoms with Crippen LogP contribution in [0.3, 0.4) is 0 Å². The lowest BCUT2D eigenvalue weighted by atomic mass is 9.91. The van der Waals surface area contributed by atoms with E-state index in [2.05, 4.69) is 10.6 Å². The van der Waals surface area contributed by atoms with Gasteiger partial charge in [0.2, 0.25) is 0 Å². The van der Waals surface area contributed by atoms with Crippen molar-refractivity contribution in [2.24, 2.45) is 5.73 Å². The molecule has 0 radical (unpaired) electrons. The Hall–Kier alpha value is -1.04. The van der Waals surface area contributed by atoms with Crippen molar-refractivity contribution < 1.29 is 9.53 Å². The quantitative estimate of drug-likeness (QED) is 0.667. The SMILES string of the molecule is CC(C)(C)OC(=O)NC1CCC(NC(N)=S)CC1. The van der Waals surface area contributed by atoms with Crippen molar-refractivity contribution in [2.45, 2.75) is 64.1 Å². The molecule has 0 aromatic carbocycles. The molecule has 5 nitrogen and oxygen atoms in total. The van der Waals surface area contributed by atoms with E-state index in [4.69, 9.17) is 22.7 Å². The molecule has 1 aliphatic carbocycles. The zero-order valence-electron chi connectivity index (χ0n) is 11.3. The zero-order valence-corrected chi connectivity index (χ0v) is 12.1. The molecule has 1 saturated carbocycles. The number of alkyl carbamates (subject to hydrolysis) is 1. The maximum Gasteiger partial charge on any atom is 0.407 e. The molecule has 0 bridgehead atoms. The second-order valence-corrected chi connectivity index (χ2v) is 6.14. The van der Waals surface area contributed by atoms with Crippen LogP contribution in [-0.4, -0.2) is 28.9 Å². The minimum absolute atomic E-state index is 0.184. The summed E-state index contributed by atoms with van der Waals surface area (Å²) in [4.78, 5) is 11.6. The molecule has 1 rings (SSSR count). The van der Waals surface area contributed by atoms with E-state index >= 15 is 0 Å². The first kappa shape index (κ1) is 15.0. The van der Waals surface area contributed by atoms with Gasteiger partial charge in [-0.1, -0.05) is 0 Å². The molecule has 1 amide bonds.